The van der Waals surface area contributed by atoms with Gasteiger partial charge in [0.2, 0.25) is 0 Å². The third-order valence-electron chi connectivity index (χ3n) is 2.85. The van der Waals surface area contributed by atoms with Gasteiger partial charge in [-0.05, 0) is 10.8 Å². The second-order valence-electron chi connectivity index (χ2n) is 6.43. The predicted molar refractivity (Wildman–Crippen MR) is 59.4 cm³/mol. The average molecular weight is 198 g/mol. The summed E-state index contributed by atoms with van der Waals surface area (Å²) in [5.74, 6) is 0. The monoisotopic (exact) mass is 198 g/mol. The number of rotatable bonds is 0. The first-order valence-corrected chi connectivity index (χ1v) is 5.50. The van der Waals surface area contributed by atoms with E-state index < -0.39 is 0 Å². The molecule has 83 valence electrons. The van der Waals surface area contributed by atoms with Crippen LogP contribution in [-0.2, 0) is 4.74 Å². The summed E-state index contributed by atoms with van der Waals surface area (Å²) in [6.07, 6.45) is 0.556. The molecule has 2 atom stereocenters. The SMILES string of the molecule is CC(C)(C)C1C[N]CC(C(C)(C)C)O1. The van der Waals surface area contributed by atoms with E-state index in [1.165, 1.54) is 0 Å². The number of ether oxygens (including phenoxy) is 1. The van der Waals surface area contributed by atoms with E-state index in [4.69, 9.17) is 4.74 Å². The van der Waals surface area contributed by atoms with Crippen molar-refractivity contribution in [3.63, 3.8) is 0 Å². The highest BCUT2D eigenvalue weighted by Crippen LogP contribution is 2.31. The van der Waals surface area contributed by atoms with Gasteiger partial charge in [-0.15, -0.1) is 0 Å². The summed E-state index contributed by atoms with van der Waals surface area (Å²) < 4.78 is 6.12. The molecular formula is C12H24NO. The topological polar surface area (TPSA) is 23.3 Å². The van der Waals surface area contributed by atoms with Gasteiger partial charge in [-0.3, -0.25) is 0 Å². The molecule has 14 heavy (non-hydrogen) atoms. The Morgan fingerprint density at radius 1 is 0.857 bits per heavy atom. The Balaban J connectivity index is 2.61. The summed E-state index contributed by atoms with van der Waals surface area (Å²) in [6.45, 7) is 15.0. The molecule has 0 aromatic heterocycles. The molecule has 1 aliphatic heterocycles. The fraction of sp³-hybridized carbons (Fsp3) is 1.00. The first kappa shape index (κ1) is 12.0. The zero-order valence-corrected chi connectivity index (χ0v) is 10.4. The van der Waals surface area contributed by atoms with Gasteiger partial charge in [0.15, 0.2) is 0 Å². The molecule has 2 heteroatoms. The van der Waals surface area contributed by atoms with Crippen LogP contribution in [0.15, 0.2) is 0 Å². The molecule has 0 aromatic rings. The van der Waals surface area contributed by atoms with Crippen LogP contribution in [-0.4, -0.2) is 25.3 Å². The van der Waals surface area contributed by atoms with Gasteiger partial charge in [0.05, 0.1) is 12.2 Å². The number of nitrogens with zero attached hydrogens (tertiary/aromatic N) is 1. The van der Waals surface area contributed by atoms with Gasteiger partial charge in [0, 0.05) is 13.1 Å². The van der Waals surface area contributed by atoms with E-state index in [1.807, 2.05) is 0 Å². The summed E-state index contributed by atoms with van der Waals surface area (Å²) in [6, 6.07) is 0. The first-order chi connectivity index (χ1) is 6.21. The lowest BCUT2D eigenvalue weighted by molar-refractivity contribution is -0.125. The minimum atomic E-state index is 0.202. The number of hydrogen-bond acceptors (Lipinski definition) is 1. The Morgan fingerprint density at radius 3 is 1.50 bits per heavy atom. The van der Waals surface area contributed by atoms with E-state index in [1.54, 1.807) is 0 Å². The summed E-state index contributed by atoms with van der Waals surface area (Å²) >= 11 is 0. The van der Waals surface area contributed by atoms with Gasteiger partial charge in [-0.1, -0.05) is 41.5 Å². The van der Waals surface area contributed by atoms with Gasteiger partial charge in [-0.2, -0.15) is 0 Å². The third-order valence-corrected chi connectivity index (χ3v) is 2.85. The van der Waals surface area contributed by atoms with Gasteiger partial charge in [0.25, 0.3) is 0 Å². The second kappa shape index (κ2) is 3.82. The van der Waals surface area contributed by atoms with Crippen LogP contribution in [0.1, 0.15) is 41.5 Å². The molecule has 0 aliphatic carbocycles. The van der Waals surface area contributed by atoms with Crippen LogP contribution >= 0.6 is 0 Å². The van der Waals surface area contributed by atoms with E-state index in [0.717, 1.165) is 13.1 Å². The highest BCUT2D eigenvalue weighted by atomic mass is 16.5. The zero-order valence-electron chi connectivity index (χ0n) is 10.4. The normalized spacial score (nSPS) is 30.4. The van der Waals surface area contributed by atoms with Crippen molar-refractivity contribution in [1.82, 2.24) is 5.32 Å². The van der Waals surface area contributed by atoms with Crippen LogP contribution in [0.3, 0.4) is 0 Å². The second-order valence-corrected chi connectivity index (χ2v) is 6.43. The Morgan fingerprint density at radius 2 is 1.21 bits per heavy atom. The summed E-state index contributed by atoms with van der Waals surface area (Å²) in [4.78, 5) is 0. The van der Waals surface area contributed by atoms with Crippen LogP contribution in [0.2, 0.25) is 0 Å². The molecule has 0 spiro atoms. The molecule has 0 bridgehead atoms. The minimum Gasteiger partial charge on any atom is -0.371 e. The third kappa shape index (κ3) is 2.96. The Hall–Kier alpha value is -0.0800. The van der Waals surface area contributed by atoms with Crippen LogP contribution in [0.4, 0.5) is 0 Å². The van der Waals surface area contributed by atoms with Crippen LogP contribution < -0.4 is 5.32 Å². The summed E-state index contributed by atoms with van der Waals surface area (Å²) in [7, 11) is 0. The fourth-order valence-corrected chi connectivity index (χ4v) is 1.55. The molecule has 2 unspecified atom stereocenters. The highest BCUT2D eigenvalue weighted by molar-refractivity contribution is 4.87. The predicted octanol–water partition coefficient (Wildman–Crippen LogP) is 2.45. The van der Waals surface area contributed by atoms with Crippen LogP contribution in [0, 0.1) is 10.8 Å². The molecule has 1 radical (unpaired) electrons. The van der Waals surface area contributed by atoms with Crippen molar-refractivity contribution in [2.24, 2.45) is 10.8 Å². The molecule has 1 saturated heterocycles. The maximum atomic E-state index is 6.12. The van der Waals surface area contributed by atoms with Crippen molar-refractivity contribution >= 4 is 0 Å². The molecular weight excluding hydrogens is 174 g/mol. The zero-order chi connectivity index (χ0) is 11.0. The average Bonchev–Trinajstić information content (AvgIpc) is 2.01. The van der Waals surface area contributed by atoms with Gasteiger partial charge >= 0.3 is 0 Å². The maximum absolute atomic E-state index is 6.12. The quantitative estimate of drug-likeness (QED) is 0.586. The highest BCUT2D eigenvalue weighted by Gasteiger charge is 2.36. The van der Waals surface area contributed by atoms with Crippen molar-refractivity contribution in [2.75, 3.05) is 13.1 Å². The Labute approximate surface area is 88.4 Å². The Kier molecular flexibility index (Phi) is 3.27. The van der Waals surface area contributed by atoms with Crippen molar-refractivity contribution in [3.8, 4) is 0 Å². The van der Waals surface area contributed by atoms with E-state index in [2.05, 4.69) is 46.9 Å². The van der Waals surface area contributed by atoms with Crippen molar-refractivity contribution in [2.45, 2.75) is 53.8 Å². The molecule has 0 aromatic carbocycles. The van der Waals surface area contributed by atoms with Crippen LogP contribution in [0.5, 0.6) is 0 Å². The standard InChI is InChI=1S/C12H24NO/c1-11(2,3)9-7-13-8-10(14-9)12(4,5)6/h9-10H,7-8H2,1-6H3. The van der Waals surface area contributed by atoms with Gasteiger partial charge in [0.1, 0.15) is 0 Å². The Bertz CT molecular complexity index is 167. The molecule has 1 rings (SSSR count). The van der Waals surface area contributed by atoms with Gasteiger partial charge in [-0.25, -0.2) is 5.32 Å². The van der Waals surface area contributed by atoms with Gasteiger partial charge < -0.3 is 4.74 Å². The molecule has 1 aliphatic rings. The maximum Gasteiger partial charge on any atom is 0.0768 e. The van der Waals surface area contributed by atoms with Crippen LogP contribution in [0.25, 0.3) is 0 Å². The molecule has 0 N–H and O–H groups in total. The van der Waals surface area contributed by atoms with E-state index in [-0.39, 0.29) is 23.0 Å². The summed E-state index contributed by atoms with van der Waals surface area (Å²) in [5.41, 5.74) is 0.404. The first-order valence-electron chi connectivity index (χ1n) is 5.50. The molecule has 2 nitrogen and oxygen atoms in total. The summed E-state index contributed by atoms with van der Waals surface area (Å²) in [5, 5.41) is 4.55. The lowest BCUT2D eigenvalue weighted by atomic mass is 9.84. The molecule has 1 fully saturated rings. The largest absolute Gasteiger partial charge is 0.371 e. The van der Waals surface area contributed by atoms with E-state index in [9.17, 15) is 0 Å². The van der Waals surface area contributed by atoms with Crippen molar-refractivity contribution in [1.29, 1.82) is 0 Å². The smallest absolute Gasteiger partial charge is 0.0768 e. The van der Waals surface area contributed by atoms with Crippen molar-refractivity contribution in [3.05, 3.63) is 0 Å². The fourth-order valence-electron chi connectivity index (χ4n) is 1.55. The molecule has 0 saturated carbocycles. The lowest BCUT2D eigenvalue weighted by Crippen LogP contribution is -2.51. The number of hydrogen-bond donors (Lipinski definition) is 0. The van der Waals surface area contributed by atoms with E-state index in [0.29, 0.717) is 0 Å². The minimum absolute atomic E-state index is 0.202. The lowest BCUT2D eigenvalue weighted by Gasteiger charge is -2.42. The molecule has 1 heterocycles. The van der Waals surface area contributed by atoms with E-state index >= 15 is 0 Å². The van der Waals surface area contributed by atoms with Crippen molar-refractivity contribution < 1.29 is 4.74 Å². The molecule has 0 amide bonds. The number of morpholine rings is 1.